The Kier molecular flexibility index (Phi) is 4.13. The average Bonchev–Trinajstić information content (AvgIpc) is 2.89. The lowest BCUT2D eigenvalue weighted by Gasteiger charge is -2.18. The number of aryl methyl sites for hydroxylation is 1. The first-order valence-corrected chi connectivity index (χ1v) is 8.24. The highest BCUT2D eigenvalue weighted by atomic mass is 32.2. The molecule has 0 aromatic heterocycles. The molecule has 0 saturated heterocycles. The highest BCUT2D eigenvalue weighted by molar-refractivity contribution is 7.99. The Labute approximate surface area is 125 Å². The van der Waals surface area contributed by atoms with E-state index in [0.29, 0.717) is 12.0 Å². The van der Waals surface area contributed by atoms with Gasteiger partial charge < -0.3 is 5.32 Å². The Hall–Kier alpha value is -1.25. The molecule has 0 spiro atoms. The molecule has 1 aliphatic rings. The first-order valence-electron chi connectivity index (χ1n) is 7.25. The van der Waals surface area contributed by atoms with Crippen LogP contribution >= 0.6 is 11.8 Å². The van der Waals surface area contributed by atoms with Crippen molar-refractivity contribution in [3.8, 4) is 0 Å². The van der Waals surface area contributed by atoms with E-state index in [9.17, 15) is 0 Å². The van der Waals surface area contributed by atoms with Crippen LogP contribution in [0.1, 0.15) is 35.6 Å². The van der Waals surface area contributed by atoms with Gasteiger partial charge >= 0.3 is 0 Å². The van der Waals surface area contributed by atoms with Crippen molar-refractivity contribution in [2.24, 2.45) is 0 Å². The van der Waals surface area contributed by atoms with Crippen LogP contribution in [0.5, 0.6) is 0 Å². The topological polar surface area (TPSA) is 12.0 Å². The van der Waals surface area contributed by atoms with Crippen LogP contribution in [0.15, 0.2) is 53.4 Å². The van der Waals surface area contributed by atoms with E-state index >= 15 is 0 Å². The lowest BCUT2D eigenvalue weighted by molar-refractivity contribution is 0.541. The summed E-state index contributed by atoms with van der Waals surface area (Å²) in [4.78, 5) is 1.46. The van der Waals surface area contributed by atoms with E-state index < -0.39 is 0 Å². The third-order valence-electron chi connectivity index (χ3n) is 4.05. The lowest BCUT2D eigenvalue weighted by atomic mass is 10.00. The minimum Gasteiger partial charge on any atom is -0.310 e. The average molecular weight is 283 g/mol. The summed E-state index contributed by atoms with van der Waals surface area (Å²) in [6.07, 6.45) is 0. The Morgan fingerprint density at radius 2 is 1.90 bits per heavy atom. The Morgan fingerprint density at radius 3 is 2.70 bits per heavy atom. The monoisotopic (exact) mass is 283 g/mol. The molecule has 0 fully saturated rings. The third kappa shape index (κ3) is 2.92. The molecule has 1 N–H and O–H groups in total. The van der Waals surface area contributed by atoms with E-state index in [-0.39, 0.29) is 0 Å². The van der Waals surface area contributed by atoms with Crippen molar-refractivity contribution in [3.05, 3.63) is 65.2 Å². The largest absolute Gasteiger partial charge is 0.310 e. The molecule has 0 radical (unpaired) electrons. The summed E-state index contributed by atoms with van der Waals surface area (Å²) in [6.45, 7) is 5.44. The maximum Gasteiger partial charge on any atom is 0.0292 e. The summed E-state index contributed by atoms with van der Waals surface area (Å²) in [7, 11) is 0. The van der Waals surface area contributed by atoms with E-state index in [0.717, 1.165) is 6.54 Å². The second-order valence-electron chi connectivity index (χ2n) is 5.59. The van der Waals surface area contributed by atoms with Gasteiger partial charge in [-0.05, 0) is 31.0 Å². The Bertz CT molecular complexity index is 576. The molecule has 2 atom stereocenters. The van der Waals surface area contributed by atoms with Crippen LogP contribution in [-0.2, 0) is 0 Å². The van der Waals surface area contributed by atoms with Gasteiger partial charge in [-0.3, -0.25) is 0 Å². The quantitative estimate of drug-likeness (QED) is 0.884. The predicted molar refractivity (Wildman–Crippen MR) is 87.5 cm³/mol. The van der Waals surface area contributed by atoms with Crippen molar-refractivity contribution in [2.45, 2.75) is 30.7 Å². The van der Waals surface area contributed by atoms with E-state index in [1.807, 2.05) is 11.8 Å². The minimum absolute atomic E-state index is 0.411. The number of hydrogen-bond donors (Lipinski definition) is 1. The molecule has 3 rings (SSSR count). The number of fused-ring (bicyclic) bond motifs is 1. The van der Waals surface area contributed by atoms with Crippen LogP contribution < -0.4 is 5.32 Å². The van der Waals surface area contributed by atoms with Gasteiger partial charge in [-0.15, -0.1) is 11.8 Å². The molecule has 20 heavy (non-hydrogen) atoms. The Morgan fingerprint density at radius 1 is 1.15 bits per heavy atom. The predicted octanol–water partition coefficient (Wildman–Crippen LogP) is 4.54. The Balaban J connectivity index is 1.62. The van der Waals surface area contributed by atoms with E-state index in [1.54, 1.807) is 0 Å². The molecule has 104 valence electrons. The molecular formula is C18H21NS. The van der Waals surface area contributed by atoms with Gasteiger partial charge in [0.2, 0.25) is 0 Å². The fraction of sp³-hybridized carbons (Fsp3) is 0.333. The second kappa shape index (κ2) is 6.02. The fourth-order valence-electron chi connectivity index (χ4n) is 2.69. The number of thioether (sulfide) groups is 1. The van der Waals surface area contributed by atoms with Gasteiger partial charge in [0.05, 0.1) is 0 Å². The summed E-state index contributed by atoms with van der Waals surface area (Å²) in [5, 5.41) is 3.69. The lowest BCUT2D eigenvalue weighted by Crippen LogP contribution is -2.24. The molecule has 0 amide bonds. The first-order chi connectivity index (χ1) is 9.74. The van der Waals surface area contributed by atoms with Crippen molar-refractivity contribution in [1.82, 2.24) is 5.32 Å². The SMILES string of the molecule is Cc1ccc([C@@H](C)NCC2CSc3ccccc32)cc1. The molecule has 0 bridgehead atoms. The maximum absolute atomic E-state index is 3.69. The second-order valence-corrected chi connectivity index (χ2v) is 6.65. The normalized spacial score (nSPS) is 18.8. The zero-order valence-electron chi connectivity index (χ0n) is 12.1. The van der Waals surface area contributed by atoms with Gasteiger partial charge in [-0.25, -0.2) is 0 Å². The van der Waals surface area contributed by atoms with Gasteiger partial charge in [0, 0.05) is 29.2 Å². The summed E-state index contributed by atoms with van der Waals surface area (Å²) in [5.41, 5.74) is 4.21. The number of benzene rings is 2. The van der Waals surface area contributed by atoms with Crippen LogP contribution in [0.4, 0.5) is 0 Å². The zero-order valence-corrected chi connectivity index (χ0v) is 12.9. The van der Waals surface area contributed by atoms with E-state index in [1.165, 1.54) is 27.3 Å². The molecule has 0 aliphatic carbocycles. The van der Waals surface area contributed by atoms with Crippen molar-refractivity contribution in [1.29, 1.82) is 0 Å². The number of nitrogens with one attached hydrogen (secondary N) is 1. The summed E-state index contributed by atoms with van der Waals surface area (Å²) in [5.74, 6) is 1.84. The van der Waals surface area contributed by atoms with Crippen molar-refractivity contribution in [3.63, 3.8) is 0 Å². The van der Waals surface area contributed by atoms with Crippen LogP contribution in [-0.4, -0.2) is 12.3 Å². The van der Waals surface area contributed by atoms with Gasteiger partial charge in [0.1, 0.15) is 0 Å². The van der Waals surface area contributed by atoms with Crippen molar-refractivity contribution in [2.75, 3.05) is 12.3 Å². The molecule has 1 nitrogen and oxygen atoms in total. The third-order valence-corrected chi connectivity index (χ3v) is 5.30. The van der Waals surface area contributed by atoms with Crippen LogP contribution in [0.2, 0.25) is 0 Å². The molecule has 1 unspecified atom stereocenters. The molecule has 2 aromatic rings. The highest BCUT2D eigenvalue weighted by Gasteiger charge is 2.22. The van der Waals surface area contributed by atoms with Crippen LogP contribution in [0.25, 0.3) is 0 Å². The van der Waals surface area contributed by atoms with Crippen molar-refractivity contribution < 1.29 is 0 Å². The number of hydrogen-bond acceptors (Lipinski definition) is 2. The summed E-state index contributed by atoms with van der Waals surface area (Å²) >= 11 is 1.99. The smallest absolute Gasteiger partial charge is 0.0292 e. The van der Waals surface area contributed by atoms with Crippen LogP contribution in [0, 0.1) is 6.92 Å². The van der Waals surface area contributed by atoms with Gasteiger partial charge in [0.25, 0.3) is 0 Å². The summed E-state index contributed by atoms with van der Waals surface area (Å²) < 4.78 is 0. The molecule has 1 heterocycles. The maximum atomic E-state index is 3.69. The molecule has 0 saturated carbocycles. The van der Waals surface area contributed by atoms with Crippen LogP contribution in [0.3, 0.4) is 0 Å². The van der Waals surface area contributed by atoms with E-state index in [4.69, 9.17) is 0 Å². The van der Waals surface area contributed by atoms with Gasteiger partial charge in [-0.2, -0.15) is 0 Å². The fourth-order valence-corrected chi connectivity index (χ4v) is 3.94. The van der Waals surface area contributed by atoms with Crippen molar-refractivity contribution >= 4 is 11.8 Å². The zero-order chi connectivity index (χ0) is 13.9. The molecular weight excluding hydrogens is 262 g/mol. The highest BCUT2D eigenvalue weighted by Crippen LogP contribution is 2.39. The molecule has 1 aliphatic heterocycles. The van der Waals surface area contributed by atoms with Gasteiger partial charge in [0.15, 0.2) is 0 Å². The minimum atomic E-state index is 0.411. The first kappa shape index (κ1) is 13.7. The van der Waals surface area contributed by atoms with E-state index in [2.05, 4.69) is 67.7 Å². The standard InChI is InChI=1S/C18H21NS/c1-13-7-9-15(10-8-13)14(2)19-11-16-12-20-18-6-4-3-5-17(16)18/h3-10,14,16,19H,11-12H2,1-2H3/t14-,16?/m1/s1. The van der Waals surface area contributed by atoms with Gasteiger partial charge in [-0.1, -0.05) is 48.0 Å². The molecule has 2 aromatic carbocycles. The summed E-state index contributed by atoms with van der Waals surface area (Å²) in [6, 6.07) is 18.0. The number of rotatable bonds is 4. The molecule has 2 heteroatoms.